The molecule has 0 saturated heterocycles. The van der Waals surface area contributed by atoms with Crippen LogP contribution in [0.15, 0.2) is 11.1 Å². The average Bonchev–Trinajstić information content (AvgIpc) is 2.28. The van der Waals surface area contributed by atoms with Gasteiger partial charge in [0.15, 0.2) is 0 Å². The third kappa shape index (κ3) is 2.03. The van der Waals surface area contributed by atoms with Crippen molar-refractivity contribution in [2.45, 2.75) is 31.7 Å². The molecular formula is C7H11ClN2O2S. The van der Waals surface area contributed by atoms with Crippen LogP contribution >= 0.6 is 10.7 Å². The van der Waals surface area contributed by atoms with Gasteiger partial charge in [0, 0.05) is 16.7 Å². The predicted octanol–water partition coefficient (Wildman–Crippen LogP) is 1.70. The zero-order valence-electron chi connectivity index (χ0n) is 7.65. The highest BCUT2D eigenvalue weighted by Crippen LogP contribution is 2.20. The van der Waals surface area contributed by atoms with Gasteiger partial charge >= 0.3 is 0 Å². The van der Waals surface area contributed by atoms with Gasteiger partial charge in [-0.25, -0.2) is 8.42 Å². The standard InChI is InChI=1S/C7H11ClN2O2S/c1-5(2)10-6(3)7(4-9-10)13(8,11)12/h4-5H,1-3H3. The summed E-state index contributed by atoms with van der Waals surface area (Å²) in [6.45, 7) is 5.53. The summed E-state index contributed by atoms with van der Waals surface area (Å²) in [6, 6.07) is 0.132. The van der Waals surface area contributed by atoms with Crippen LogP contribution in [0, 0.1) is 6.92 Å². The Morgan fingerprint density at radius 3 is 2.31 bits per heavy atom. The summed E-state index contributed by atoms with van der Waals surface area (Å²) in [6.07, 6.45) is 1.28. The van der Waals surface area contributed by atoms with Crippen molar-refractivity contribution < 1.29 is 8.42 Å². The van der Waals surface area contributed by atoms with Gasteiger partial charge in [0.1, 0.15) is 4.90 Å². The molecule has 0 atom stereocenters. The summed E-state index contributed by atoms with van der Waals surface area (Å²) in [5.74, 6) is 0. The van der Waals surface area contributed by atoms with Crippen LogP contribution in [0.1, 0.15) is 25.6 Å². The van der Waals surface area contributed by atoms with E-state index in [1.807, 2.05) is 13.8 Å². The van der Waals surface area contributed by atoms with E-state index in [1.54, 1.807) is 11.6 Å². The molecule has 13 heavy (non-hydrogen) atoms. The molecule has 0 unspecified atom stereocenters. The van der Waals surface area contributed by atoms with Gasteiger partial charge in [0.05, 0.1) is 11.9 Å². The van der Waals surface area contributed by atoms with Crippen LogP contribution in [0.2, 0.25) is 0 Å². The Balaban J connectivity index is 3.30. The largest absolute Gasteiger partial charge is 0.266 e. The minimum Gasteiger partial charge on any atom is -0.266 e. The van der Waals surface area contributed by atoms with E-state index in [2.05, 4.69) is 5.10 Å². The van der Waals surface area contributed by atoms with Crippen molar-refractivity contribution in [3.8, 4) is 0 Å². The first-order valence-corrected chi connectivity index (χ1v) is 6.13. The highest BCUT2D eigenvalue weighted by molar-refractivity contribution is 8.13. The maximum atomic E-state index is 11.0. The van der Waals surface area contributed by atoms with E-state index >= 15 is 0 Å². The SMILES string of the molecule is Cc1c(S(=O)(=O)Cl)cnn1C(C)C. The quantitative estimate of drug-likeness (QED) is 0.716. The molecule has 0 saturated carbocycles. The van der Waals surface area contributed by atoms with Gasteiger partial charge in [-0.1, -0.05) is 0 Å². The molecule has 0 amide bonds. The second-order valence-corrected chi connectivity index (χ2v) is 5.60. The Labute approximate surface area is 81.9 Å². The number of aromatic nitrogens is 2. The monoisotopic (exact) mass is 222 g/mol. The molecule has 0 spiro atoms. The Morgan fingerprint density at radius 2 is 2.08 bits per heavy atom. The van der Waals surface area contributed by atoms with Gasteiger partial charge in [0.2, 0.25) is 0 Å². The van der Waals surface area contributed by atoms with E-state index in [0.717, 1.165) is 0 Å². The third-order valence-corrected chi connectivity index (χ3v) is 3.18. The number of rotatable bonds is 2. The summed E-state index contributed by atoms with van der Waals surface area (Å²) in [4.78, 5) is 0.0860. The summed E-state index contributed by atoms with van der Waals surface area (Å²) in [5, 5.41) is 3.93. The third-order valence-electron chi connectivity index (χ3n) is 1.75. The van der Waals surface area contributed by atoms with Crippen molar-refractivity contribution in [3.05, 3.63) is 11.9 Å². The summed E-state index contributed by atoms with van der Waals surface area (Å²) in [5.41, 5.74) is 0.574. The molecule has 1 aromatic heterocycles. The minimum atomic E-state index is -3.66. The van der Waals surface area contributed by atoms with Gasteiger partial charge in [-0.2, -0.15) is 5.10 Å². The van der Waals surface area contributed by atoms with Crippen LogP contribution in [-0.2, 0) is 9.05 Å². The number of nitrogens with zero attached hydrogens (tertiary/aromatic N) is 2. The fourth-order valence-electron chi connectivity index (χ4n) is 1.17. The maximum Gasteiger partial charge on any atom is 0.264 e. The molecule has 1 rings (SSSR count). The van der Waals surface area contributed by atoms with E-state index in [9.17, 15) is 8.42 Å². The highest BCUT2D eigenvalue weighted by Gasteiger charge is 2.18. The molecule has 0 aromatic carbocycles. The lowest BCUT2D eigenvalue weighted by atomic mass is 10.4. The highest BCUT2D eigenvalue weighted by atomic mass is 35.7. The van der Waals surface area contributed by atoms with Gasteiger partial charge < -0.3 is 0 Å². The van der Waals surface area contributed by atoms with E-state index in [1.165, 1.54) is 6.20 Å². The zero-order chi connectivity index (χ0) is 10.2. The number of halogens is 1. The van der Waals surface area contributed by atoms with Crippen molar-refractivity contribution in [2.24, 2.45) is 0 Å². The molecule has 0 radical (unpaired) electrons. The summed E-state index contributed by atoms with van der Waals surface area (Å²) < 4.78 is 23.6. The molecular weight excluding hydrogens is 212 g/mol. The van der Waals surface area contributed by atoms with E-state index in [0.29, 0.717) is 5.69 Å². The lowest BCUT2D eigenvalue weighted by molar-refractivity contribution is 0.517. The molecule has 6 heteroatoms. The topological polar surface area (TPSA) is 52.0 Å². The minimum absolute atomic E-state index is 0.0860. The van der Waals surface area contributed by atoms with Gasteiger partial charge in [0.25, 0.3) is 9.05 Å². The average molecular weight is 223 g/mol. The summed E-state index contributed by atoms with van der Waals surface area (Å²) in [7, 11) is 1.54. The second-order valence-electron chi connectivity index (χ2n) is 3.07. The lowest BCUT2D eigenvalue weighted by Gasteiger charge is -2.07. The van der Waals surface area contributed by atoms with E-state index in [4.69, 9.17) is 10.7 Å². The van der Waals surface area contributed by atoms with E-state index in [-0.39, 0.29) is 10.9 Å². The van der Waals surface area contributed by atoms with Crippen LogP contribution in [0.4, 0.5) is 0 Å². The first kappa shape index (κ1) is 10.5. The van der Waals surface area contributed by atoms with Crippen molar-refractivity contribution in [1.82, 2.24) is 9.78 Å². The lowest BCUT2D eigenvalue weighted by Crippen LogP contribution is -2.05. The van der Waals surface area contributed by atoms with Crippen LogP contribution in [-0.4, -0.2) is 18.2 Å². The van der Waals surface area contributed by atoms with Crippen LogP contribution in [0.5, 0.6) is 0 Å². The fourth-order valence-corrected chi connectivity index (χ4v) is 2.24. The summed E-state index contributed by atoms with van der Waals surface area (Å²) >= 11 is 0. The smallest absolute Gasteiger partial charge is 0.264 e. The van der Waals surface area contributed by atoms with Crippen LogP contribution in [0.25, 0.3) is 0 Å². The zero-order valence-corrected chi connectivity index (χ0v) is 9.22. The number of hydrogen-bond donors (Lipinski definition) is 0. The number of hydrogen-bond acceptors (Lipinski definition) is 3. The Bertz CT molecular complexity index is 408. The van der Waals surface area contributed by atoms with Gasteiger partial charge in [-0.3, -0.25) is 4.68 Å². The van der Waals surface area contributed by atoms with Crippen LogP contribution < -0.4 is 0 Å². The molecule has 0 aliphatic carbocycles. The second kappa shape index (κ2) is 3.31. The Morgan fingerprint density at radius 1 is 1.54 bits per heavy atom. The first-order valence-electron chi connectivity index (χ1n) is 3.83. The molecule has 0 bridgehead atoms. The molecule has 4 nitrogen and oxygen atoms in total. The van der Waals surface area contributed by atoms with Crippen molar-refractivity contribution in [2.75, 3.05) is 0 Å². The Hall–Kier alpha value is -0.550. The normalized spacial score (nSPS) is 12.4. The van der Waals surface area contributed by atoms with Crippen LogP contribution in [0.3, 0.4) is 0 Å². The van der Waals surface area contributed by atoms with E-state index < -0.39 is 9.05 Å². The molecule has 0 N–H and O–H groups in total. The molecule has 0 aliphatic heterocycles. The maximum absolute atomic E-state index is 11.0. The molecule has 1 aromatic rings. The predicted molar refractivity (Wildman–Crippen MR) is 50.4 cm³/mol. The molecule has 0 fully saturated rings. The Kier molecular flexibility index (Phi) is 2.68. The van der Waals surface area contributed by atoms with Crippen molar-refractivity contribution in [1.29, 1.82) is 0 Å². The van der Waals surface area contributed by atoms with Crippen molar-refractivity contribution in [3.63, 3.8) is 0 Å². The fraction of sp³-hybridized carbons (Fsp3) is 0.571. The van der Waals surface area contributed by atoms with Crippen molar-refractivity contribution >= 4 is 19.7 Å². The molecule has 74 valence electrons. The molecule has 0 aliphatic rings. The van der Waals surface area contributed by atoms with Gasteiger partial charge in [-0.15, -0.1) is 0 Å². The van der Waals surface area contributed by atoms with Gasteiger partial charge in [-0.05, 0) is 20.8 Å². The first-order chi connectivity index (χ1) is 5.84. The molecule has 1 heterocycles.